The predicted molar refractivity (Wildman–Crippen MR) is 56.5 cm³/mol. The quantitative estimate of drug-likeness (QED) is 0.487. The zero-order valence-corrected chi connectivity index (χ0v) is 10.8. The lowest BCUT2D eigenvalue weighted by Gasteiger charge is -2.40. The Morgan fingerprint density at radius 2 is 1.79 bits per heavy atom. The lowest BCUT2D eigenvalue weighted by Crippen LogP contribution is -2.61. The maximum absolute atomic E-state index is 10.9. The highest BCUT2D eigenvalue weighted by molar-refractivity contribution is 7.80. The van der Waals surface area contributed by atoms with Gasteiger partial charge in [-0.2, -0.15) is 8.42 Å². The van der Waals surface area contributed by atoms with Crippen molar-refractivity contribution < 1.29 is 46.4 Å². The van der Waals surface area contributed by atoms with Gasteiger partial charge >= 0.3 is 16.4 Å². The average molecular weight is 302 g/mol. The smallest absolute Gasteiger partial charge is 0.397 e. The van der Waals surface area contributed by atoms with Crippen LogP contribution in [-0.2, 0) is 33.6 Å². The van der Waals surface area contributed by atoms with Crippen LogP contribution in [0.5, 0.6) is 0 Å². The molecular weight excluding hydrogens is 288 g/mol. The number of hydrogen-bond acceptors (Lipinski definition) is 8. The Balaban J connectivity index is 3.02. The van der Waals surface area contributed by atoms with Crippen LogP contribution in [0.1, 0.15) is 0 Å². The fraction of sp³-hybridized carbons (Fsp3) is 0.875. The van der Waals surface area contributed by atoms with E-state index >= 15 is 0 Å². The van der Waals surface area contributed by atoms with Crippen molar-refractivity contribution in [2.24, 2.45) is 0 Å². The molecule has 5 atom stereocenters. The molecule has 0 amide bonds. The second kappa shape index (κ2) is 6.09. The summed E-state index contributed by atoms with van der Waals surface area (Å²) in [7, 11) is -2.70. The molecule has 0 saturated carbocycles. The maximum Gasteiger partial charge on any atom is 0.397 e. The summed E-state index contributed by atoms with van der Waals surface area (Å²) in [5.41, 5.74) is 0. The normalized spacial score (nSPS) is 36.1. The number of carboxylic acid groups (broad SMARTS) is 1. The number of carboxylic acids is 1. The van der Waals surface area contributed by atoms with Gasteiger partial charge in [-0.05, 0) is 0 Å². The Morgan fingerprint density at radius 1 is 1.21 bits per heavy atom. The first-order valence-electron chi connectivity index (χ1n) is 4.99. The lowest BCUT2D eigenvalue weighted by atomic mass is 9.99. The van der Waals surface area contributed by atoms with E-state index in [9.17, 15) is 18.3 Å². The minimum atomic E-state index is -4.89. The summed E-state index contributed by atoms with van der Waals surface area (Å²) in [6.07, 6.45) is -7.85. The molecule has 1 saturated heterocycles. The molecule has 112 valence electrons. The Bertz CT molecular complexity index is 419. The summed E-state index contributed by atoms with van der Waals surface area (Å²) in [5.74, 6) is -1.43. The van der Waals surface area contributed by atoms with Gasteiger partial charge in [-0.25, -0.2) is 8.98 Å². The van der Waals surface area contributed by atoms with Crippen molar-refractivity contribution in [2.45, 2.75) is 30.7 Å². The topological polar surface area (TPSA) is 149 Å². The van der Waals surface area contributed by atoms with Crippen molar-refractivity contribution in [1.82, 2.24) is 0 Å². The second-order valence-electron chi connectivity index (χ2n) is 3.68. The van der Waals surface area contributed by atoms with Gasteiger partial charge in [-0.15, -0.1) is 0 Å². The molecule has 19 heavy (non-hydrogen) atoms. The van der Waals surface area contributed by atoms with Crippen LogP contribution in [0, 0.1) is 0 Å². The van der Waals surface area contributed by atoms with Crippen LogP contribution in [0.4, 0.5) is 0 Å². The first-order chi connectivity index (χ1) is 8.71. The molecule has 0 aliphatic carbocycles. The van der Waals surface area contributed by atoms with Crippen molar-refractivity contribution in [3.63, 3.8) is 0 Å². The fourth-order valence-electron chi connectivity index (χ4n) is 1.72. The highest BCUT2D eigenvalue weighted by Gasteiger charge is 2.51. The molecule has 10 nitrogen and oxygen atoms in total. The van der Waals surface area contributed by atoms with Gasteiger partial charge in [0.15, 0.2) is 18.5 Å². The highest BCUT2D eigenvalue weighted by atomic mass is 32.3. The Hall–Kier alpha value is -0.820. The summed E-state index contributed by atoms with van der Waals surface area (Å²) in [6, 6.07) is 0. The lowest BCUT2D eigenvalue weighted by molar-refractivity contribution is -0.285. The maximum atomic E-state index is 10.9. The van der Waals surface area contributed by atoms with Gasteiger partial charge in [0, 0.05) is 14.2 Å². The number of rotatable bonds is 5. The third kappa shape index (κ3) is 3.82. The van der Waals surface area contributed by atoms with E-state index in [-0.39, 0.29) is 0 Å². The highest BCUT2D eigenvalue weighted by Crippen LogP contribution is 2.26. The molecule has 0 spiro atoms. The average Bonchev–Trinajstić information content (AvgIpc) is 2.29. The molecule has 1 heterocycles. The number of carbonyl (C=O) groups is 1. The second-order valence-corrected chi connectivity index (χ2v) is 4.73. The summed E-state index contributed by atoms with van der Waals surface area (Å²) >= 11 is 0. The Morgan fingerprint density at radius 3 is 2.16 bits per heavy atom. The number of aliphatic carboxylic acids is 1. The van der Waals surface area contributed by atoms with E-state index in [1.165, 1.54) is 0 Å². The summed E-state index contributed by atoms with van der Waals surface area (Å²) in [5, 5.41) is 18.8. The van der Waals surface area contributed by atoms with Crippen LogP contribution < -0.4 is 0 Å². The van der Waals surface area contributed by atoms with Crippen molar-refractivity contribution in [1.29, 1.82) is 0 Å². The minimum absolute atomic E-state index is 1.09. The van der Waals surface area contributed by atoms with Crippen LogP contribution >= 0.6 is 0 Å². The van der Waals surface area contributed by atoms with Crippen molar-refractivity contribution in [3.8, 4) is 0 Å². The standard InChI is InChI=1S/C8H14O10S/c1-15-4-3(9)5(18-19(12,13)14)8(16-2)17-6(4)7(10)11/h3-6,8-9H,1-2H3,(H,10,11)(H,12,13,14)/t3?,4-,5-,6?,8+/m0/s1. The Kier molecular flexibility index (Phi) is 5.20. The van der Waals surface area contributed by atoms with Crippen molar-refractivity contribution >= 4 is 16.4 Å². The zero-order valence-electron chi connectivity index (χ0n) is 9.99. The number of aliphatic hydroxyl groups excluding tert-OH is 1. The van der Waals surface area contributed by atoms with Crippen LogP contribution in [0.3, 0.4) is 0 Å². The van der Waals surface area contributed by atoms with E-state index in [1.54, 1.807) is 0 Å². The van der Waals surface area contributed by atoms with Crippen molar-refractivity contribution in [2.75, 3.05) is 14.2 Å². The van der Waals surface area contributed by atoms with E-state index in [0.29, 0.717) is 0 Å². The van der Waals surface area contributed by atoms with E-state index in [0.717, 1.165) is 14.2 Å². The van der Waals surface area contributed by atoms with Gasteiger partial charge in [-0.1, -0.05) is 0 Å². The Labute approximate surface area is 108 Å². The fourth-order valence-corrected chi connectivity index (χ4v) is 2.21. The van der Waals surface area contributed by atoms with Gasteiger partial charge < -0.3 is 24.4 Å². The molecule has 1 aliphatic rings. The molecule has 0 aromatic heterocycles. The van der Waals surface area contributed by atoms with E-state index in [1.807, 2.05) is 0 Å². The molecular formula is C8H14O10S. The van der Waals surface area contributed by atoms with E-state index in [4.69, 9.17) is 23.9 Å². The first kappa shape index (κ1) is 16.2. The van der Waals surface area contributed by atoms with Crippen molar-refractivity contribution in [3.05, 3.63) is 0 Å². The number of methoxy groups -OCH3 is 2. The molecule has 1 rings (SSSR count). The molecule has 0 aromatic rings. The molecule has 0 bridgehead atoms. The minimum Gasteiger partial charge on any atom is -0.479 e. The zero-order chi connectivity index (χ0) is 14.8. The molecule has 1 fully saturated rings. The number of ether oxygens (including phenoxy) is 3. The number of aliphatic hydroxyl groups is 1. The van der Waals surface area contributed by atoms with Gasteiger partial charge in [0.25, 0.3) is 0 Å². The van der Waals surface area contributed by atoms with Gasteiger partial charge in [0.05, 0.1) is 0 Å². The summed E-state index contributed by atoms with van der Waals surface area (Å²) in [4.78, 5) is 10.9. The van der Waals surface area contributed by atoms with Gasteiger partial charge in [0.2, 0.25) is 0 Å². The third-order valence-corrected chi connectivity index (χ3v) is 2.97. The molecule has 1 aliphatic heterocycles. The molecule has 11 heteroatoms. The van der Waals surface area contributed by atoms with Crippen LogP contribution in [0.15, 0.2) is 0 Å². The third-order valence-electron chi connectivity index (χ3n) is 2.50. The van der Waals surface area contributed by atoms with Gasteiger partial charge in [-0.3, -0.25) is 4.55 Å². The monoisotopic (exact) mass is 302 g/mol. The van der Waals surface area contributed by atoms with Gasteiger partial charge in [0.1, 0.15) is 12.2 Å². The van der Waals surface area contributed by atoms with Crippen LogP contribution in [0.25, 0.3) is 0 Å². The van der Waals surface area contributed by atoms with Crippen LogP contribution in [-0.4, -0.2) is 74.1 Å². The first-order valence-corrected chi connectivity index (χ1v) is 6.35. The molecule has 3 N–H and O–H groups in total. The largest absolute Gasteiger partial charge is 0.479 e. The number of hydrogen-bond donors (Lipinski definition) is 3. The molecule has 0 aromatic carbocycles. The predicted octanol–water partition coefficient (Wildman–Crippen LogP) is -1.99. The molecule has 2 unspecified atom stereocenters. The van der Waals surface area contributed by atoms with E-state index < -0.39 is 47.1 Å². The van der Waals surface area contributed by atoms with Crippen LogP contribution in [0.2, 0.25) is 0 Å². The summed E-state index contributed by atoms with van der Waals surface area (Å²) < 4.78 is 48.5. The SMILES string of the molecule is CO[C@@H]1C(C(=O)O)O[C@@H](OC)[C@@H](OS(=O)(=O)O)C1O. The summed E-state index contributed by atoms with van der Waals surface area (Å²) in [6.45, 7) is 0. The molecule has 0 radical (unpaired) electrons. The van der Waals surface area contributed by atoms with E-state index in [2.05, 4.69) is 4.18 Å².